The second-order valence-corrected chi connectivity index (χ2v) is 8.18. The fourth-order valence-corrected chi connectivity index (χ4v) is 3.22. The van der Waals surface area contributed by atoms with Crippen LogP contribution in [0.15, 0.2) is 72.8 Å². The molecule has 0 atom stereocenters. The summed E-state index contributed by atoms with van der Waals surface area (Å²) >= 11 is 0. The lowest BCUT2D eigenvalue weighted by molar-refractivity contribution is 0.102. The standard InChI is InChI=1S/C26H25FN4O2/c1-17(2)16-33-26-29-24(19-13-11-18(3)12-14-19)31(30-26)21-8-6-7-20(15-21)28-25(32)22-9-4-5-10-23(22)27/h4-15,17H,16H2,1-3H3,(H,28,32). The van der Waals surface area contributed by atoms with Crippen LogP contribution in [0, 0.1) is 18.7 Å². The summed E-state index contributed by atoms with van der Waals surface area (Å²) in [5.41, 5.74) is 3.19. The number of aryl methyl sites for hydroxylation is 1. The molecule has 0 radical (unpaired) electrons. The second kappa shape index (κ2) is 9.65. The Bertz CT molecular complexity index is 1270. The third-order valence-electron chi connectivity index (χ3n) is 4.91. The second-order valence-electron chi connectivity index (χ2n) is 8.18. The average molecular weight is 445 g/mol. The Hall–Kier alpha value is -4.00. The number of carbonyl (C=O) groups excluding carboxylic acids is 1. The average Bonchev–Trinajstić information content (AvgIpc) is 3.23. The minimum absolute atomic E-state index is 0.0200. The molecule has 33 heavy (non-hydrogen) atoms. The maximum atomic E-state index is 14.0. The van der Waals surface area contributed by atoms with Crippen LogP contribution < -0.4 is 10.1 Å². The van der Waals surface area contributed by atoms with E-state index in [1.165, 1.54) is 12.1 Å². The Morgan fingerprint density at radius 3 is 2.55 bits per heavy atom. The van der Waals surface area contributed by atoms with Crippen LogP contribution in [0.5, 0.6) is 6.01 Å². The number of halogens is 1. The zero-order valence-corrected chi connectivity index (χ0v) is 18.7. The number of hydrogen-bond donors (Lipinski definition) is 1. The number of carbonyl (C=O) groups is 1. The lowest BCUT2D eigenvalue weighted by atomic mass is 10.1. The molecule has 1 amide bonds. The maximum absolute atomic E-state index is 14.0. The van der Waals surface area contributed by atoms with E-state index in [-0.39, 0.29) is 11.6 Å². The van der Waals surface area contributed by atoms with Crippen molar-refractivity contribution in [2.24, 2.45) is 5.92 Å². The van der Waals surface area contributed by atoms with Gasteiger partial charge in [-0.15, -0.1) is 5.10 Å². The lowest BCUT2D eigenvalue weighted by Crippen LogP contribution is -2.14. The number of aromatic nitrogens is 3. The molecule has 0 aliphatic carbocycles. The first-order valence-corrected chi connectivity index (χ1v) is 10.7. The minimum atomic E-state index is -0.573. The van der Waals surface area contributed by atoms with E-state index in [1.54, 1.807) is 35.0 Å². The van der Waals surface area contributed by atoms with Crippen LogP contribution in [-0.2, 0) is 0 Å². The van der Waals surface area contributed by atoms with Gasteiger partial charge in [0.2, 0.25) is 0 Å². The summed E-state index contributed by atoms with van der Waals surface area (Å²) in [6.45, 7) is 6.63. The molecule has 0 fully saturated rings. The monoisotopic (exact) mass is 444 g/mol. The fourth-order valence-electron chi connectivity index (χ4n) is 3.22. The highest BCUT2D eigenvalue weighted by molar-refractivity contribution is 6.04. The highest BCUT2D eigenvalue weighted by Crippen LogP contribution is 2.26. The first-order valence-electron chi connectivity index (χ1n) is 10.7. The normalized spacial score (nSPS) is 10.9. The summed E-state index contributed by atoms with van der Waals surface area (Å²) in [4.78, 5) is 17.2. The molecule has 7 heteroatoms. The summed E-state index contributed by atoms with van der Waals surface area (Å²) < 4.78 is 21.4. The van der Waals surface area contributed by atoms with Crippen molar-refractivity contribution in [3.63, 3.8) is 0 Å². The Balaban J connectivity index is 1.68. The Labute approximate surface area is 192 Å². The van der Waals surface area contributed by atoms with Crippen LogP contribution >= 0.6 is 0 Å². The quantitative estimate of drug-likeness (QED) is 0.399. The van der Waals surface area contributed by atoms with Gasteiger partial charge in [0.1, 0.15) is 5.82 Å². The Morgan fingerprint density at radius 1 is 1.06 bits per heavy atom. The molecule has 1 aromatic heterocycles. The number of nitrogens with zero attached hydrogens (tertiary/aromatic N) is 3. The number of hydrogen-bond acceptors (Lipinski definition) is 4. The van der Waals surface area contributed by atoms with Gasteiger partial charge < -0.3 is 10.1 Å². The van der Waals surface area contributed by atoms with E-state index >= 15 is 0 Å². The molecule has 0 aliphatic heterocycles. The van der Waals surface area contributed by atoms with E-state index in [0.717, 1.165) is 11.1 Å². The van der Waals surface area contributed by atoms with E-state index < -0.39 is 11.7 Å². The number of amides is 1. The van der Waals surface area contributed by atoms with E-state index in [2.05, 4.69) is 29.2 Å². The van der Waals surface area contributed by atoms with Gasteiger partial charge in [0.15, 0.2) is 5.82 Å². The van der Waals surface area contributed by atoms with Crippen molar-refractivity contribution in [3.8, 4) is 23.1 Å². The number of benzene rings is 3. The van der Waals surface area contributed by atoms with Crippen molar-refractivity contribution in [3.05, 3.63) is 89.7 Å². The first kappa shape index (κ1) is 22.2. The summed E-state index contributed by atoms with van der Waals surface area (Å²) in [5, 5.41) is 7.31. The zero-order valence-electron chi connectivity index (χ0n) is 18.7. The molecule has 168 valence electrons. The molecule has 4 rings (SSSR count). The molecule has 0 spiro atoms. The number of rotatable bonds is 7. The van der Waals surface area contributed by atoms with Crippen molar-refractivity contribution >= 4 is 11.6 Å². The van der Waals surface area contributed by atoms with E-state index in [1.807, 2.05) is 37.3 Å². The number of ether oxygens (including phenoxy) is 1. The molecule has 0 bridgehead atoms. The van der Waals surface area contributed by atoms with Gasteiger partial charge in [0, 0.05) is 11.3 Å². The third-order valence-corrected chi connectivity index (χ3v) is 4.91. The molecule has 0 aliphatic rings. The number of anilines is 1. The molecule has 0 unspecified atom stereocenters. The van der Waals surface area contributed by atoms with Gasteiger partial charge in [0.05, 0.1) is 17.9 Å². The Kier molecular flexibility index (Phi) is 6.49. The largest absolute Gasteiger partial charge is 0.462 e. The van der Waals surface area contributed by atoms with Crippen LogP contribution in [-0.4, -0.2) is 27.3 Å². The van der Waals surface area contributed by atoms with Gasteiger partial charge in [-0.05, 0) is 43.2 Å². The predicted molar refractivity (Wildman–Crippen MR) is 126 cm³/mol. The highest BCUT2D eigenvalue weighted by atomic mass is 19.1. The summed E-state index contributed by atoms with van der Waals surface area (Å²) in [6.07, 6.45) is 0. The third kappa shape index (κ3) is 5.26. The van der Waals surface area contributed by atoms with E-state index in [4.69, 9.17) is 4.74 Å². The molecular weight excluding hydrogens is 419 g/mol. The van der Waals surface area contributed by atoms with Crippen LogP contribution in [0.4, 0.5) is 10.1 Å². The van der Waals surface area contributed by atoms with Gasteiger partial charge >= 0.3 is 6.01 Å². The highest BCUT2D eigenvalue weighted by Gasteiger charge is 2.16. The molecule has 4 aromatic rings. The smallest absolute Gasteiger partial charge is 0.336 e. The fraction of sp³-hybridized carbons (Fsp3) is 0.192. The van der Waals surface area contributed by atoms with Crippen molar-refractivity contribution < 1.29 is 13.9 Å². The van der Waals surface area contributed by atoms with Crippen LogP contribution in [0.25, 0.3) is 17.1 Å². The van der Waals surface area contributed by atoms with Crippen molar-refractivity contribution in [2.45, 2.75) is 20.8 Å². The van der Waals surface area contributed by atoms with Crippen LogP contribution in [0.1, 0.15) is 29.8 Å². The summed E-state index contributed by atoms with van der Waals surface area (Å²) in [6, 6.07) is 21.3. The van der Waals surface area contributed by atoms with Gasteiger partial charge in [0.25, 0.3) is 5.91 Å². The van der Waals surface area contributed by atoms with Gasteiger partial charge in [-0.1, -0.05) is 61.9 Å². The molecule has 0 saturated carbocycles. The van der Waals surface area contributed by atoms with E-state index in [0.29, 0.717) is 29.7 Å². The Morgan fingerprint density at radius 2 is 1.82 bits per heavy atom. The molecule has 3 aromatic carbocycles. The maximum Gasteiger partial charge on any atom is 0.336 e. The molecule has 1 N–H and O–H groups in total. The van der Waals surface area contributed by atoms with Crippen molar-refractivity contribution in [2.75, 3.05) is 11.9 Å². The van der Waals surface area contributed by atoms with Gasteiger partial charge in [-0.3, -0.25) is 4.79 Å². The molecule has 6 nitrogen and oxygen atoms in total. The summed E-state index contributed by atoms with van der Waals surface area (Å²) in [5.74, 6) is -0.150. The van der Waals surface area contributed by atoms with Gasteiger partial charge in [-0.2, -0.15) is 4.98 Å². The van der Waals surface area contributed by atoms with Crippen molar-refractivity contribution in [1.82, 2.24) is 14.8 Å². The first-order chi connectivity index (χ1) is 15.9. The molecular formula is C26H25FN4O2. The molecule has 1 heterocycles. The van der Waals surface area contributed by atoms with Crippen LogP contribution in [0.3, 0.4) is 0 Å². The topological polar surface area (TPSA) is 69.0 Å². The lowest BCUT2D eigenvalue weighted by Gasteiger charge is -2.10. The summed E-state index contributed by atoms with van der Waals surface area (Å²) in [7, 11) is 0. The number of nitrogens with one attached hydrogen (secondary N) is 1. The van der Waals surface area contributed by atoms with Gasteiger partial charge in [-0.25, -0.2) is 9.07 Å². The van der Waals surface area contributed by atoms with Crippen LogP contribution in [0.2, 0.25) is 0 Å². The van der Waals surface area contributed by atoms with Crippen molar-refractivity contribution in [1.29, 1.82) is 0 Å². The predicted octanol–water partition coefficient (Wildman–Crippen LogP) is 5.67. The molecule has 0 saturated heterocycles. The zero-order chi connectivity index (χ0) is 23.4. The minimum Gasteiger partial charge on any atom is -0.462 e. The SMILES string of the molecule is Cc1ccc(-c2nc(OCC(C)C)nn2-c2cccc(NC(=O)c3ccccc3F)c2)cc1. The van der Waals surface area contributed by atoms with E-state index in [9.17, 15) is 9.18 Å².